The lowest BCUT2D eigenvalue weighted by molar-refractivity contribution is -0.120. The summed E-state index contributed by atoms with van der Waals surface area (Å²) >= 11 is 0. The molecular weight excluding hydrogens is 244 g/mol. The molecule has 0 atom stereocenters. The summed E-state index contributed by atoms with van der Waals surface area (Å²) in [6, 6.07) is 5.10. The summed E-state index contributed by atoms with van der Waals surface area (Å²) < 4.78 is 5.00. The molecule has 5 heteroatoms. The number of hydrogen-bond acceptors (Lipinski definition) is 4. The molecular formula is C14H22N2O3. The molecule has 19 heavy (non-hydrogen) atoms. The van der Waals surface area contributed by atoms with Gasteiger partial charge in [-0.25, -0.2) is 0 Å². The summed E-state index contributed by atoms with van der Waals surface area (Å²) in [6.07, 6.45) is 0. The summed E-state index contributed by atoms with van der Waals surface area (Å²) in [4.78, 5) is 11.5. The van der Waals surface area contributed by atoms with Gasteiger partial charge in [-0.3, -0.25) is 4.79 Å². The first-order valence-electron chi connectivity index (χ1n) is 6.36. The van der Waals surface area contributed by atoms with Crippen molar-refractivity contribution in [2.45, 2.75) is 20.4 Å². The Morgan fingerprint density at radius 2 is 2.16 bits per heavy atom. The van der Waals surface area contributed by atoms with Gasteiger partial charge in [0.1, 0.15) is 11.5 Å². The van der Waals surface area contributed by atoms with E-state index >= 15 is 0 Å². The van der Waals surface area contributed by atoms with Crippen molar-refractivity contribution >= 4 is 5.91 Å². The minimum atomic E-state index is -0.0401. The fourth-order valence-corrected chi connectivity index (χ4v) is 1.51. The van der Waals surface area contributed by atoms with E-state index in [0.717, 1.165) is 5.56 Å². The first kappa shape index (κ1) is 15.3. The molecule has 0 radical (unpaired) electrons. The largest absolute Gasteiger partial charge is 0.507 e. The van der Waals surface area contributed by atoms with Gasteiger partial charge in [0, 0.05) is 24.7 Å². The molecule has 1 aromatic carbocycles. The number of methoxy groups -OCH3 is 1. The number of ether oxygens (including phenoxy) is 1. The van der Waals surface area contributed by atoms with Crippen LogP contribution in [0.5, 0.6) is 11.5 Å². The summed E-state index contributed by atoms with van der Waals surface area (Å²) in [6.45, 7) is 5.43. The van der Waals surface area contributed by atoms with Gasteiger partial charge in [-0.1, -0.05) is 19.9 Å². The van der Waals surface area contributed by atoms with Crippen LogP contribution in [0, 0.1) is 5.92 Å². The van der Waals surface area contributed by atoms with Crippen molar-refractivity contribution in [1.29, 1.82) is 0 Å². The Labute approximate surface area is 114 Å². The maximum Gasteiger partial charge on any atom is 0.233 e. The second kappa shape index (κ2) is 7.63. The van der Waals surface area contributed by atoms with Crippen molar-refractivity contribution in [2.75, 3.05) is 20.2 Å². The number of nitrogens with one attached hydrogen (secondary N) is 2. The molecule has 1 aromatic rings. The zero-order valence-corrected chi connectivity index (χ0v) is 11.7. The maximum atomic E-state index is 11.5. The van der Waals surface area contributed by atoms with Crippen LogP contribution < -0.4 is 15.4 Å². The molecule has 5 nitrogen and oxygen atoms in total. The van der Waals surface area contributed by atoms with Crippen molar-refractivity contribution in [3.05, 3.63) is 23.8 Å². The number of rotatable bonds is 7. The van der Waals surface area contributed by atoms with E-state index in [-0.39, 0.29) is 18.2 Å². The van der Waals surface area contributed by atoms with Crippen molar-refractivity contribution in [3.8, 4) is 11.5 Å². The second-order valence-corrected chi connectivity index (χ2v) is 4.80. The lowest BCUT2D eigenvalue weighted by Crippen LogP contribution is -2.35. The van der Waals surface area contributed by atoms with Crippen LogP contribution in [0.2, 0.25) is 0 Å². The highest BCUT2D eigenvalue weighted by atomic mass is 16.5. The van der Waals surface area contributed by atoms with Crippen molar-refractivity contribution < 1.29 is 14.6 Å². The Morgan fingerprint density at radius 3 is 2.74 bits per heavy atom. The maximum absolute atomic E-state index is 11.5. The number of carbonyl (C=O) groups excluding carboxylic acids is 1. The third-order valence-corrected chi connectivity index (χ3v) is 2.60. The molecule has 0 aliphatic carbocycles. The molecule has 3 N–H and O–H groups in total. The molecule has 0 fully saturated rings. The molecule has 0 saturated heterocycles. The van der Waals surface area contributed by atoms with Gasteiger partial charge in [0.25, 0.3) is 0 Å². The van der Waals surface area contributed by atoms with E-state index in [1.54, 1.807) is 25.3 Å². The zero-order chi connectivity index (χ0) is 14.3. The van der Waals surface area contributed by atoms with E-state index in [4.69, 9.17) is 4.74 Å². The summed E-state index contributed by atoms with van der Waals surface area (Å²) in [5.41, 5.74) is 0.734. The van der Waals surface area contributed by atoms with E-state index < -0.39 is 0 Å². The van der Waals surface area contributed by atoms with Crippen LogP contribution in [0.15, 0.2) is 18.2 Å². The lowest BCUT2D eigenvalue weighted by Gasteiger charge is -2.10. The number of amides is 1. The van der Waals surface area contributed by atoms with E-state index in [1.165, 1.54) is 0 Å². The number of aromatic hydroxyl groups is 1. The van der Waals surface area contributed by atoms with E-state index in [0.29, 0.717) is 24.8 Å². The minimum absolute atomic E-state index is 0.0401. The lowest BCUT2D eigenvalue weighted by atomic mass is 10.2. The Morgan fingerprint density at radius 1 is 1.42 bits per heavy atom. The van der Waals surface area contributed by atoms with E-state index in [9.17, 15) is 9.90 Å². The minimum Gasteiger partial charge on any atom is -0.507 e. The Kier molecular flexibility index (Phi) is 6.15. The Balaban J connectivity index is 2.35. The average molecular weight is 266 g/mol. The van der Waals surface area contributed by atoms with Gasteiger partial charge in [0.15, 0.2) is 0 Å². The molecule has 1 amide bonds. The highest BCUT2D eigenvalue weighted by molar-refractivity contribution is 5.77. The van der Waals surface area contributed by atoms with Crippen LogP contribution >= 0.6 is 0 Å². The zero-order valence-electron chi connectivity index (χ0n) is 11.7. The topological polar surface area (TPSA) is 70.6 Å². The fourth-order valence-electron chi connectivity index (χ4n) is 1.51. The van der Waals surface area contributed by atoms with Gasteiger partial charge in [-0.2, -0.15) is 0 Å². The number of phenols is 1. The van der Waals surface area contributed by atoms with Crippen molar-refractivity contribution in [3.63, 3.8) is 0 Å². The standard InChI is InChI=1S/C14H22N2O3/c1-10(2)7-16-14(18)9-15-8-11-4-5-12(19-3)6-13(11)17/h4-6,10,15,17H,7-9H2,1-3H3,(H,16,18). The fraction of sp³-hybridized carbons (Fsp3) is 0.500. The van der Waals surface area contributed by atoms with E-state index in [1.807, 2.05) is 13.8 Å². The van der Waals surface area contributed by atoms with Gasteiger partial charge < -0.3 is 20.5 Å². The highest BCUT2D eigenvalue weighted by Crippen LogP contribution is 2.22. The summed E-state index contributed by atoms with van der Waals surface area (Å²) in [5, 5.41) is 15.6. The average Bonchev–Trinajstić information content (AvgIpc) is 2.38. The van der Waals surface area contributed by atoms with Crippen LogP contribution in [0.25, 0.3) is 0 Å². The van der Waals surface area contributed by atoms with E-state index in [2.05, 4.69) is 10.6 Å². The monoisotopic (exact) mass is 266 g/mol. The van der Waals surface area contributed by atoms with Crippen LogP contribution in [0.1, 0.15) is 19.4 Å². The number of benzene rings is 1. The number of carbonyl (C=O) groups is 1. The molecule has 106 valence electrons. The molecule has 0 unspecified atom stereocenters. The Bertz CT molecular complexity index is 419. The Hall–Kier alpha value is -1.75. The number of hydrogen-bond donors (Lipinski definition) is 3. The van der Waals surface area contributed by atoms with Gasteiger partial charge >= 0.3 is 0 Å². The normalized spacial score (nSPS) is 10.5. The molecule has 0 saturated carbocycles. The summed E-state index contributed by atoms with van der Waals surface area (Å²) in [5.74, 6) is 1.17. The molecule has 1 rings (SSSR count). The smallest absolute Gasteiger partial charge is 0.233 e. The molecule has 0 spiro atoms. The van der Waals surface area contributed by atoms with Crippen LogP contribution in [-0.4, -0.2) is 31.2 Å². The van der Waals surface area contributed by atoms with Gasteiger partial charge in [0.05, 0.1) is 13.7 Å². The predicted molar refractivity (Wildman–Crippen MR) is 74.2 cm³/mol. The molecule has 0 heterocycles. The van der Waals surface area contributed by atoms with Crippen molar-refractivity contribution in [2.24, 2.45) is 5.92 Å². The predicted octanol–water partition coefficient (Wildman–Crippen LogP) is 1.26. The molecule has 0 aromatic heterocycles. The van der Waals surface area contributed by atoms with Gasteiger partial charge in [-0.05, 0) is 12.0 Å². The van der Waals surface area contributed by atoms with Gasteiger partial charge in [0.2, 0.25) is 5.91 Å². The van der Waals surface area contributed by atoms with Gasteiger partial charge in [-0.15, -0.1) is 0 Å². The SMILES string of the molecule is COc1ccc(CNCC(=O)NCC(C)C)c(O)c1. The first-order chi connectivity index (χ1) is 9.02. The number of phenolic OH excluding ortho intramolecular Hbond substituents is 1. The summed E-state index contributed by atoms with van der Waals surface area (Å²) in [7, 11) is 1.55. The highest BCUT2D eigenvalue weighted by Gasteiger charge is 2.05. The molecule has 0 aliphatic heterocycles. The van der Waals surface area contributed by atoms with Crippen LogP contribution in [0.3, 0.4) is 0 Å². The third kappa shape index (κ3) is 5.61. The van der Waals surface area contributed by atoms with Crippen LogP contribution in [-0.2, 0) is 11.3 Å². The first-order valence-corrected chi connectivity index (χ1v) is 6.36. The van der Waals surface area contributed by atoms with Crippen molar-refractivity contribution in [1.82, 2.24) is 10.6 Å². The molecule has 0 aliphatic rings. The molecule has 0 bridgehead atoms. The van der Waals surface area contributed by atoms with Crippen LogP contribution in [0.4, 0.5) is 0 Å². The quantitative estimate of drug-likeness (QED) is 0.695. The third-order valence-electron chi connectivity index (χ3n) is 2.60. The second-order valence-electron chi connectivity index (χ2n) is 4.80.